The number of carbonyl (C=O) groups is 1. The van der Waals surface area contributed by atoms with Crippen molar-refractivity contribution < 1.29 is 17.9 Å². The van der Waals surface area contributed by atoms with Gasteiger partial charge in [-0.15, -0.1) is 0 Å². The van der Waals surface area contributed by atoms with Gasteiger partial charge in [0.2, 0.25) is 5.88 Å². The summed E-state index contributed by atoms with van der Waals surface area (Å²) >= 11 is 0. The maximum absolute atomic E-state index is 12.6. The normalized spacial score (nSPS) is 10.9. The molecular weight excluding hydrogens is 428 g/mol. The molecule has 4 rings (SSSR count). The van der Waals surface area contributed by atoms with Gasteiger partial charge in [-0.1, -0.05) is 24.3 Å². The smallest absolute Gasteiger partial charge is 0.261 e. The number of anilines is 2. The summed E-state index contributed by atoms with van der Waals surface area (Å²) in [6.45, 7) is 0. The van der Waals surface area contributed by atoms with E-state index in [0.29, 0.717) is 28.6 Å². The lowest BCUT2D eigenvalue weighted by atomic mass is 10.2. The zero-order valence-corrected chi connectivity index (χ0v) is 17.5. The van der Waals surface area contributed by atoms with E-state index in [0.717, 1.165) is 0 Å². The highest BCUT2D eigenvalue weighted by Crippen LogP contribution is 2.23. The molecule has 2 N–H and O–H groups in total. The molecule has 0 unspecified atom stereocenters. The average Bonchev–Trinajstić information content (AvgIpc) is 2.81. The van der Waals surface area contributed by atoms with Crippen molar-refractivity contribution in [2.45, 2.75) is 4.90 Å². The predicted octanol–water partition coefficient (Wildman–Crippen LogP) is 4.32. The Balaban J connectivity index is 1.42. The highest BCUT2D eigenvalue weighted by molar-refractivity contribution is 7.92. The van der Waals surface area contributed by atoms with E-state index in [4.69, 9.17) is 4.74 Å². The van der Waals surface area contributed by atoms with Crippen LogP contribution in [0.2, 0.25) is 0 Å². The Bertz CT molecular complexity index is 1310. The summed E-state index contributed by atoms with van der Waals surface area (Å²) in [4.78, 5) is 20.7. The first-order chi connectivity index (χ1) is 15.5. The molecule has 1 amide bonds. The van der Waals surface area contributed by atoms with E-state index in [-0.39, 0.29) is 10.8 Å². The van der Waals surface area contributed by atoms with Crippen molar-refractivity contribution in [3.05, 3.63) is 103 Å². The van der Waals surface area contributed by atoms with E-state index < -0.39 is 10.0 Å². The Labute approximate surface area is 185 Å². The number of hydrogen-bond donors (Lipinski definition) is 2. The van der Waals surface area contributed by atoms with Crippen LogP contribution in [0.15, 0.2) is 102 Å². The molecule has 0 bridgehead atoms. The number of benzene rings is 3. The van der Waals surface area contributed by atoms with Gasteiger partial charge < -0.3 is 10.1 Å². The van der Waals surface area contributed by atoms with E-state index in [1.165, 1.54) is 48.8 Å². The van der Waals surface area contributed by atoms with Gasteiger partial charge in [-0.3, -0.25) is 14.5 Å². The Morgan fingerprint density at radius 3 is 2.34 bits per heavy atom. The third kappa shape index (κ3) is 5.27. The summed E-state index contributed by atoms with van der Waals surface area (Å²) in [6.07, 6.45) is 4.55. The summed E-state index contributed by atoms with van der Waals surface area (Å²) in [6, 6.07) is 21.1. The lowest BCUT2D eigenvalue weighted by Crippen LogP contribution is -2.14. The second kappa shape index (κ2) is 9.27. The molecule has 3 aromatic carbocycles. The van der Waals surface area contributed by atoms with Crippen molar-refractivity contribution >= 4 is 27.3 Å². The van der Waals surface area contributed by atoms with Gasteiger partial charge in [-0.05, 0) is 48.5 Å². The molecule has 1 aromatic heterocycles. The monoisotopic (exact) mass is 446 g/mol. The topological polar surface area (TPSA) is 110 Å². The molecule has 0 saturated heterocycles. The standard InChI is InChI=1S/C23H18N4O4S/c28-23(26-19-5-4-6-20(15-19)31-22-16-24-13-14-25-22)17-9-11-18(12-10-17)27-32(29,30)21-7-2-1-3-8-21/h1-16,27H,(H,26,28). The van der Waals surface area contributed by atoms with Gasteiger partial charge in [0.15, 0.2) is 0 Å². The molecule has 0 fully saturated rings. The van der Waals surface area contributed by atoms with Gasteiger partial charge in [0.1, 0.15) is 5.75 Å². The highest BCUT2D eigenvalue weighted by atomic mass is 32.2. The van der Waals surface area contributed by atoms with Crippen molar-refractivity contribution in [3.63, 3.8) is 0 Å². The van der Waals surface area contributed by atoms with E-state index in [1.54, 1.807) is 48.7 Å². The Morgan fingerprint density at radius 1 is 0.844 bits per heavy atom. The first-order valence-corrected chi connectivity index (χ1v) is 11.0. The molecule has 0 aliphatic heterocycles. The van der Waals surface area contributed by atoms with Gasteiger partial charge in [-0.25, -0.2) is 13.4 Å². The maximum atomic E-state index is 12.6. The van der Waals surface area contributed by atoms with Crippen LogP contribution in [0.1, 0.15) is 10.4 Å². The number of sulfonamides is 1. The molecule has 32 heavy (non-hydrogen) atoms. The second-order valence-electron chi connectivity index (χ2n) is 6.62. The van der Waals surface area contributed by atoms with Crippen LogP contribution in [0.25, 0.3) is 0 Å². The van der Waals surface area contributed by atoms with E-state index in [1.807, 2.05) is 0 Å². The summed E-state index contributed by atoms with van der Waals surface area (Å²) in [7, 11) is -3.70. The zero-order valence-electron chi connectivity index (χ0n) is 16.7. The molecule has 9 heteroatoms. The van der Waals surface area contributed by atoms with Crippen LogP contribution in [0.4, 0.5) is 11.4 Å². The van der Waals surface area contributed by atoms with E-state index >= 15 is 0 Å². The number of amides is 1. The van der Waals surface area contributed by atoms with Crippen molar-refractivity contribution in [1.29, 1.82) is 0 Å². The lowest BCUT2D eigenvalue weighted by molar-refractivity contribution is 0.102. The minimum atomic E-state index is -3.70. The average molecular weight is 446 g/mol. The van der Waals surface area contributed by atoms with Crippen LogP contribution in [-0.2, 0) is 10.0 Å². The number of aromatic nitrogens is 2. The predicted molar refractivity (Wildman–Crippen MR) is 120 cm³/mol. The third-order valence-electron chi connectivity index (χ3n) is 4.31. The van der Waals surface area contributed by atoms with Crippen LogP contribution < -0.4 is 14.8 Å². The summed E-state index contributed by atoms with van der Waals surface area (Å²) < 4.78 is 32.9. The number of nitrogens with zero attached hydrogens (tertiary/aromatic N) is 2. The number of nitrogens with one attached hydrogen (secondary N) is 2. The third-order valence-corrected chi connectivity index (χ3v) is 5.70. The Morgan fingerprint density at radius 2 is 1.62 bits per heavy atom. The molecule has 4 aromatic rings. The van der Waals surface area contributed by atoms with Crippen molar-refractivity contribution in [2.24, 2.45) is 0 Å². The number of carbonyl (C=O) groups excluding carboxylic acids is 1. The molecular formula is C23H18N4O4S. The molecule has 0 saturated carbocycles. The molecule has 0 aliphatic rings. The summed E-state index contributed by atoms with van der Waals surface area (Å²) in [5.41, 5.74) is 1.25. The zero-order chi connectivity index (χ0) is 22.4. The summed E-state index contributed by atoms with van der Waals surface area (Å²) in [5.74, 6) is 0.484. The van der Waals surface area contributed by atoms with Gasteiger partial charge in [0.05, 0.1) is 11.1 Å². The number of rotatable bonds is 7. The molecule has 1 heterocycles. The van der Waals surface area contributed by atoms with E-state index in [2.05, 4.69) is 20.0 Å². The fourth-order valence-corrected chi connectivity index (χ4v) is 3.88. The van der Waals surface area contributed by atoms with Crippen LogP contribution in [-0.4, -0.2) is 24.3 Å². The SMILES string of the molecule is O=C(Nc1cccc(Oc2cnccn2)c1)c1ccc(NS(=O)(=O)c2ccccc2)cc1. The van der Waals surface area contributed by atoms with Crippen molar-refractivity contribution in [2.75, 3.05) is 10.0 Å². The largest absolute Gasteiger partial charge is 0.437 e. The highest BCUT2D eigenvalue weighted by Gasteiger charge is 2.14. The molecule has 160 valence electrons. The molecule has 0 aliphatic carbocycles. The van der Waals surface area contributed by atoms with Gasteiger partial charge >= 0.3 is 0 Å². The van der Waals surface area contributed by atoms with Gasteiger partial charge in [0.25, 0.3) is 15.9 Å². The van der Waals surface area contributed by atoms with Gasteiger partial charge in [0, 0.05) is 35.4 Å². The second-order valence-corrected chi connectivity index (χ2v) is 8.31. The number of ether oxygens (including phenoxy) is 1. The Kier molecular flexibility index (Phi) is 6.09. The minimum absolute atomic E-state index is 0.158. The van der Waals surface area contributed by atoms with Crippen LogP contribution >= 0.6 is 0 Å². The van der Waals surface area contributed by atoms with Crippen LogP contribution in [0.5, 0.6) is 11.6 Å². The fourth-order valence-electron chi connectivity index (χ4n) is 2.80. The van der Waals surface area contributed by atoms with Crippen LogP contribution in [0, 0.1) is 0 Å². The fraction of sp³-hybridized carbons (Fsp3) is 0. The molecule has 0 spiro atoms. The minimum Gasteiger partial charge on any atom is -0.437 e. The van der Waals surface area contributed by atoms with Crippen molar-refractivity contribution in [3.8, 4) is 11.6 Å². The first kappa shape index (κ1) is 21.0. The number of hydrogen-bond acceptors (Lipinski definition) is 6. The quantitative estimate of drug-likeness (QED) is 0.437. The Hall–Kier alpha value is -4.24. The molecule has 0 atom stereocenters. The lowest BCUT2D eigenvalue weighted by Gasteiger charge is -2.10. The molecule has 0 radical (unpaired) electrons. The molecule has 8 nitrogen and oxygen atoms in total. The van der Waals surface area contributed by atoms with Gasteiger partial charge in [-0.2, -0.15) is 0 Å². The van der Waals surface area contributed by atoms with Crippen LogP contribution in [0.3, 0.4) is 0 Å². The summed E-state index contributed by atoms with van der Waals surface area (Å²) in [5, 5.41) is 2.78. The van der Waals surface area contributed by atoms with E-state index in [9.17, 15) is 13.2 Å². The van der Waals surface area contributed by atoms with Crippen molar-refractivity contribution in [1.82, 2.24) is 9.97 Å². The first-order valence-electron chi connectivity index (χ1n) is 9.53. The maximum Gasteiger partial charge on any atom is 0.261 e.